The standard InChI is InChI=1S/C22H23F2N5O/c1-25-21(30)10-16-6-3-7-20(27-16)29-8-4-5-14-9-17(15-12-26-28(2)13-15)18(22(23)24)11-19(14)29/h3,6-7,9,11-13,22H,4-5,8,10H2,1-2H3,(H,25,30). The Balaban J connectivity index is 1.76. The Kier molecular flexibility index (Phi) is 5.48. The summed E-state index contributed by atoms with van der Waals surface area (Å²) in [7, 11) is 3.35. The highest BCUT2D eigenvalue weighted by atomic mass is 19.3. The molecule has 8 heteroatoms. The van der Waals surface area contributed by atoms with Gasteiger partial charge in [0.05, 0.1) is 18.3 Å². The van der Waals surface area contributed by atoms with E-state index < -0.39 is 6.43 Å². The van der Waals surface area contributed by atoms with Crippen LogP contribution in [0.2, 0.25) is 0 Å². The first-order valence-corrected chi connectivity index (χ1v) is 9.84. The van der Waals surface area contributed by atoms with Crippen molar-refractivity contribution in [3.8, 4) is 11.1 Å². The van der Waals surface area contributed by atoms with Gasteiger partial charge in [0.15, 0.2) is 0 Å². The van der Waals surface area contributed by atoms with Crippen LogP contribution in [0.3, 0.4) is 0 Å². The van der Waals surface area contributed by atoms with Crippen molar-refractivity contribution in [3.63, 3.8) is 0 Å². The van der Waals surface area contributed by atoms with Gasteiger partial charge in [-0.25, -0.2) is 13.8 Å². The number of aromatic nitrogens is 3. The van der Waals surface area contributed by atoms with Gasteiger partial charge >= 0.3 is 0 Å². The van der Waals surface area contributed by atoms with Gasteiger partial charge in [-0.3, -0.25) is 9.48 Å². The predicted molar refractivity (Wildman–Crippen MR) is 111 cm³/mol. The van der Waals surface area contributed by atoms with Crippen LogP contribution in [0.15, 0.2) is 42.7 Å². The van der Waals surface area contributed by atoms with Crippen LogP contribution in [0.1, 0.15) is 29.7 Å². The van der Waals surface area contributed by atoms with Crippen LogP contribution >= 0.6 is 0 Å². The van der Waals surface area contributed by atoms with E-state index in [1.807, 2.05) is 23.1 Å². The summed E-state index contributed by atoms with van der Waals surface area (Å²) in [5.74, 6) is 0.534. The van der Waals surface area contributed by atoms with Crippen LogP contribution < -0.4 is 10.2 Å². The summed E-state index contributed by atoms with van der Waals surface area (Å²) in [5.41, 5.74) is 3.56. The van der Waals surface area contributed by atoms with Crippen molar-refractivity contribution in [2.24, 2.45) is 7.05 Å². The van der Waals surface area contributed by atoms with Crippen molar-refractivity contribution in [2.75, 3.05) is 18.5 Å². The first-order valence-electron chi connectivity index (χ1n) is 9.84. The first kappa shape index (κ1) is 20.0. The monoisotopic (exact) mass is 411 g/mol. The predicted octanol–water partition coefficient (Wildman–Crippen LogP) is 3.79. The number of pyridine rings is 1. The van der Waals surface area contributed by atoms with Gasteiger partial charge in [0.2, 0.25) is 5.91 Å². The van der Waals surface area contributed by atoms with Crippen LogP contribution in [0, 0.1) is 0 Å². The molecule has 0 unspecified atom stereocenters. The molecule has 6 nitrogen and oxygen atoms in total. The molecule has 1 N–H and O–H groups in total. The number of carbonyl (C=O) groups excluding carboxylic acids is 1. The van der Waals surface area contributed by atoms with Crippen molar-refractivity contribution in [3.05, 3.63) is 59.5 Å². The fraction of sp³-hybridized carbons (Fsp3) is 0.318. The topological polar surface area (TPSA) is 63.1 Å². The summed E-state index contributed by atoms with van der Waals surface area (Å²) >= 11 is 0. The molecule has 3 heterocycles. The second kappa shape index (κ2) is 8.22. The molecule has 0 spiro atoms. The minimum atomic E-state index is -2.61. The van der Waals surface area contributed by atoms with Crippen molar-refractivity contribution >= 4 is 17.4 Å². The minimum Gasteiger partial charge on any atom is -0.359 e. The number of hydrogen-bond donors (Lipinski definition) is 1. The molecule has 30 heavy (non-hydrogen) atoms. The maximum absolute atomic E-state index is 14.0. The molecule has 1 aliphatic heterocycles. The lowest BCUT2D eigenvalue weighted by molar-refractivity contribution is -0.120. The molecular formula is C22H23F2N5O. The molecule has 0 bridgehead atoms. The molecule has 3 aromatic rings. The van der Waals surface area contributed by atoms with Crippen LogP contribution in [0.25, 0.3) is 11.1 Å². The zero-order valence-electron chi connectivity index (χ0n) is 16.9. The lowest BCUT2D eigenvalue weighted by atomic mass is 9.93. The van der Waals surface area contributed by atoms with Gasteiger partial charge in [-0.15, -0.1) is 0 Å². The van der Waals surface area contributed by atoms with Crippen molar-refractivity contribution < 1.29 is 13.6 Å². The second-order valence-electron chi connectivity index (χ2n) is 7.36. The number of fused-ring (bicyclic) bond motifs is 1. The van der Waals surface area contributed by atoms with E-state index in [9.17, 15) is 13.6 Å². The Morgan fingerprint density at radius 2 is 2.13 bits per heavy atom. The zero-order chi connectivity index (χ0) is 21.3. The Morgan fingerprint density at radius 1 is 1.30 bits per heavy atom. The van der Waals surface area contributed by atoms with E-state index in [0.717, 1.165) is 24.1 Å². The molecular weight excluding hydrogens is 388 g/mol. The maximum Gasteiger partial charge on any atom is 0.264 e. The number of alkyl halides is 2. The fourth-order valence-corrected chi connectivity index (χ4v) is 3.85. The highest BCUT2D eigenvalue weighted by molar-refractivity contribution is 5.78. The average molecular weight is 411 g/mol. The number of benzene rings is 1. The van der Waals surface area contributed by atoms with E-state index in [4.69, 9.17) is 0 Å². The molecule has 0 atom stereocenters. The van der Waals surface area contributed by atoms with Gasteiger partial charge in [-0.1, -0.05) is 6.07 Å². The molecule has 0 fully saturated rings. The number of nitrogens with one attached hydrogen (secondary N) is 1. The van der Waals surface area contributed by atoms with E-state index >= 15 is 0 Å². The Hall–Kier alpha value is -3.29. The maximum atomic E-state index is 14.0. The van der Waals surface area contributed by atoms with Crippen LogP contribution in [-0.2, 0) is 24.7 Å². The average Bonchev–Trinajstić information content (AvgIpc) is 3.18. The van der Waals surface area contributed by atoms with Crippen molar-refractivity contribution in [1.82, 2.24) is 20.1 Å². The van der Waals surface area contributed by atoms with Crippen LogP contribution in [-0.4, -0.2) is 34.3 Å². The van der Waals surface area contributed by atoms with E-state index in [1.165, 1.54) is 0 Å². The summed E-state index contributed by atoms with van der Waals surface area (Å²) in [6.45, 7) is 0.679. The van der Waals surface area contributed by atoms with Crippen molar-refractivity contribution in [1.29, 1.82) is 0 Å². The number of carbonyl (C=O) groups is 1. The SMILES string of the molecule is CNC(=O)Cc1cccc(N2CCCc3cc(-c4cnn(C)c4)c(C(F)F)cc32)n1. The van der Waals surface area contributed by atoms with Crippen LogP contribution in [0.5, 0.6) is 0 Å². The largest absolute Gasteiger partial charge is 0.359 e. The summed E-state index contributed by atoms with van der Waals surface area (Å²) in [5, 5.41) is 6.72. The number of likely N-dealkylation sites (N-methyl/N-ethyl adjacent to an activating group) is 1. The highest BCUT2D eigenvalue weighted by Gasteiger charge is 2.25. The molecule has 0 saturated heterocycles. The molecule has 2 aromatic heterocycles. The third kappa shape index (κ3) is 3.90. The van der Waals surface area contributed by atoms with Gasteiger partial charge in [-0.2, -0.15) is 5.10 Å². The van der Waals surface area contributed by atoms with Gasteiger partial charge in [0, 0.05) is 43.7 Å². The zero-order valence-corrected chi connectivity index (χ0v) is 16.9. The summed E-state index contributed by atoms with van der Waals surface area (Å²) in [4.78, 5) is 18.3. The van der Waals surface area contributed by atoms with E-state index in [-0.39, 0.29) is 17.9 Å². The Morgan fingerprint density at radius 3 is 2.83 bits per heavy atom. The first-order chi connectivity index (χ1) is 14.5. The number of anilines is 2. The van der Waals surface area contributed by atoms with Gasteiger partial charge in [0.25, 0.3) is 6.43 Å². The number of hydrogen-bond acceptors (Lipinski definition) is 4. The summed E-state index contributed by atoms with van der Waals surface area (Å²) < 4.78 is 29.5. The third-order valence-corrected chi connectivity index (χ3v) is 5.31. The quantitative estimate of drug-likeness (QED) is 0.694. The molecule has 0 saturated carbocycles. The third-order valence-electron chi connectivity index (χ3n) is 5.31. The Bertz CT molecular complexity index is 1080. The lowest BCUT2D eigenvalue weighted by Gasteiger charge is -2.32. The summed E-state index contributed by atoms with van der Waals surface area (Å²) in [6.07, 6.45) is 2.61. The van der Waals surface area contributed by atoms with Crippen molar-refractivity contribution in [2.45, 2.75) is 25.7 Å². The number of nitrogens with zero attached hydrogens (tertiary/aromatic N) is 4. The second-order valence-corrected chi connectivity index (χ2v) is 7.36. The Labute approximate surface area is 173 Å². The molecule has 156 valence electrons. The molecule has 1 aliphatic rings. The summed E-state index contributed by atoms with van der Waals surface area (Å²) in [6, 6.07) is 8.91. The lowest BCUT2D eigenvalue weighted by Crippen LogP contribution is -2.26. The smallest absolute Gasteiger partial charge is 0.264 e. The highest BCUT2D eigenvalue weighted by Crippen LogP contribution is 2.40. The number of halogens is 2. The molecule has 0 radical (unpaired) electrons. The van der Waals surface area contributed by atoms with E-state index in [2.05, 4.69) is 15.4 Å². The molecule has 4 rings (SSSR count). The fourth-order valence-electron chi connectivity index (χ4n) is 3.85. The molecule has 1 aromatic carbocycles. The number of amides is 1. The number of aryl methyl sites for hydroxylation is 2. The van der Waals surface area contributed by atoms with Crippen LogP contribution in [0.4, 0.5) is 20.3 Å². The van der Waals surface area contributed by atoms with Gasteiger partial charge < -0.3 is 10.2 Å². The van der Waals surface area contributed by atoms with Gasteiger partial charge in [-0.05, 0) is 48.2 Å². The normalized spacial score (nSPS) is 13.4. The van der Waals surface area contributed by atoms with E-state index in [1.54, 1.807) is 43.3 Å². The number of rotatable bonds is 5. The minimum absolute atomic E-state index is 0.0184. The van der Waals surface area contributed by atoms with Gasteiger partial charge in [0.1, 0.15) is 5.82 Å². The van der Waals surface area contributed by atoms with E-state index in [0.29, 0.717) is 29.2 Å². The molecule has 1 amide bonds. The molecule has 0 aliphatic carbocycles.